The zero-order valence-corrected chi connectivity index (χ0v) is 16.1. The number of imide groups is 1. The van der Waals surface area contributed by atoms with Crippen LogP contribution < -0.4 is 15.4 Å². The Morgan fingerprint density at radius 3 is 2.44 bits per heavy atom. The van der Waals surface area contributed by atoms with Gasteiger partial charge in [0, 0.05) is 0 Å². The number of rotatable bonds is 6. The Morgan fingerprint density at radius 2 is 1.96 bits per heavy atom. The maximum atomic E-state index is 12.9. The summed E-state index contributed by atoms with van der Waals surface area (Å²) < 4.78 is 5.10. The Morgan fingerprint density at radius 1 is 1.37 bits per heavy atom. The predicted molar refractivity (Wildman–Crippen MR) is 97.6 cm³/mol. The highest BCUT2D eigenvalue weighted by molar-refractivity contribution is 6.09. The van der Waals surface area contributed by atoms with Gasteiger partial charge in [-0.3, -0.25) is 14.5 Å². The normalized spacial score (nSPS) is 21.4. The Bertz CT molecular complexity index is 799. The minimum absolute atomic E-state index is 0.140. The van der Waals surface area contributed by atoms with Crippen LogP contribution in [0.25, 0.3) is 0 Å². The van der Waals surface area contributed by atoms with Gasteiger partial charge in [0.25, 0.3) is 5.91 Å². The predicted octanol–water partition coefficient (Wildman–Crippen LogP) is 1.52. The van der Waals surface area contributed by atoms with Crippen molar-refractivity contribution in [3.05, 3.63) is 29.8 Å². The van der Waals surface area contributed by atoms with Crippen molar-refractivity contribution in [2.24, 2.45) is 5.92 Å². The van der Waals surface area contributed by atoms with Gasteiger partial charge in [0.2, 0.25) is 5.91 Å². The minimum Gasteiger partial charge on any atom is -0.497 e. The summed E-state index contributed by atoms with van der Waals surface area (Å²) in [6.45, 7) is 6.33. The molecule has 1 aromatic carbocycles. The molecule has 1 aliphatic heterocycles. The third kappa shape index (κ3) is 3.72. The molecular weight excluding hydrogens is 348 g/mol. The van der Waals surface area contributed by atoms with E-state index in [9.17, 15) is 19.6 Å². The number of hydrogen-bond acceptors (Lipinski definition) is 5. The van der Waals surface area contributed by atoms with Gasteiger partial charge in [-0.2, -0.15) is 5.26 Å². The second-order valence-corrected chi connectivity index (χ2v) is 7.19. The van der Waals surface area contributed by atoms with Crippen molar-refractivity contribution in [1.82, 2.24) is 15.5 Å². The van der Waals surface area contributed by atoms with Gasteiger partial charge in [-0.25, -0.2) is 4.79 Å². The molecule has 0 aromatic heterocycles. The van der Waals surface area contributed by atoms with Crippen molar-refractivity contribution >= 4 is 17.8 Å². The first-order valence-corrected chi connectivity index (χ1v) is 8.58. The van der Waals surface area contributed by atoms with E-state index in [2.05, 4.69) is 16.7 Å². The molecule has 0 saturated carbocycles. The molecule has 0 spiro atoms. The van der Waals surface area contributed by atoms with E-state index >= 15 is 0 Å². The van der Waals surface area contributed by atoms with Gasteiger partial charge < -0.3 is 15.4 Å². The summed E-state index contributed by atoms with van der Waals surface area (Å²) in [6, 6.07) is 8.16. The number of methoxy groups -OCH3 is 1. The molecule has 1 fully saturated rings. The smallest absolute Gasteiger partial charge is 0.325 e. The number of benzene rings is 1. The maximum absolute atomic E-state index is 12.9. The quantitative estimate of drug-likeness (QED) is 0.735. The number of hydrogen-bond donors (Lipinski definition) is 2. The van der Waals surface area contributed by atoms with Crippen LogP contribution in [0.15, 0.2) is 24.3 Å². The number of nitriles is 1. The summed E-state index contributed by atoms with van der Waals surface area (Å²) in [5, 5.41) is 14.6. The first kappa shape index (κ1) is 20.2. The number of amides is 4. The highest BCUT2D eigenvalue weighted by Gasteiger charge is 2.49. The standard InChI is InChI=1S/C19H24N4O4/c1-12(2)18(3,11-20)21-15(24)10-23-16(25)19(4,22-17(23)26)13-6-8-14(27-5)9-7-13/h6-9,12H,10H2,1-5H3,(H,21,24)(H,22,26). The monoisotopic (exact) mass is 372 g/mol. The third-order valence-corrected chi connectivity index (χ3v) is 5.03. The lowest BCUT2D eigenvalue weighted by molar-refractivity contribution is -0.135. The van der Waals surface area contributed by atoms with Gasteiger partial charge in [0.15, 0.2) is 0 Å². The van der Waals surface area contributed by atoms with Gasteiger partial charge in [-0.05, 0) is 37.5 Å². The molecule has 2 rings (SSSR count). The van der Waals surface area contributed by atoms with Crippen LogP contribution in [0, 0.1) is 17.2 Å². The highest BCUT2D eigenvalue weighted by atomic mass is 16.5. The molecule has 27 heavy (non-hydrogen) atoms. The lowest BCUT2D eigenvalue weighted by Gasteiger charge is -2.28. The van der Waals surface area contributed by atoms with Crippen LogP contribution in [0.5, 0.6) is 5.75 Å². The Balaban J connectivity index is 2.18. The molecule has 1 aromatic rings. The number of urea groups is 1. The number of carbonyl (C=O) groups is 3. The molecular formula is C19H24N4O4. The molecule has 144 valence electrons. The number of ether oxygens (including phenoxy) is 1. The van der Waals surface area contributed by atoms with Gasteiger partial charge in [-0.15, -0.1) is 0 Å². The average Bonchev–Trinajstić information content (AvgIpc) is 2.85. The molecule has 1 aliphatic rings. The average molecular weight is 372 g/mol. The molecule has 1 heterocycles. The Labute approximate surface area is 158 Å². The molecule has 8 heteroatoms. The summed E-state index contributed by atoms with van der Waals surface area (Å²) >= 11 is 0. The van der Waals surface area contributed by atoms with Crippen LogP contribution >= 0.6 is 0 Å². The zero-order chi connectivity index (χ0) is 20.4. The first-order valence-electron chi connectivity index (χ1n) is 8.58. The van der Waals surface area contributed by atoms with Crippen molar-refractivity contribution in [2.75, 3.05) is 13.7 Å². The zero-order valence-electron chi connectivity index (χ0n) is 16.1. The van der Waals surface area contributed by atoms with Gasteiger partial charge in [-0.1, -0.05) is 26.0 Å². The number of nitrogens with one attached hydrogen (secondary N) is 2. The van der Waals surface area contributed by atoms with Gasteiger partial charge >= 0.3 is 6.03 Å². The summed E-state index contributed by atoms with van der Waals surface area (Å²) in [5.74, 6) is -0.620. The molecule has 2 N–H and O–H groups in total. The largest absolute Gasteiger partial charge is 0.497 e. The summed E-state index contributed by atoms with van der Waals surface area (Å²) in [7, 11) is 1.53. The molecule has 2 unspecified atom stereocenters. The molecule has 1 saturated heterocycles. The first-order chi connectivity index (χ1) is 12.6. The van der Waals surface area contributed by atoms with E-state index in [0.717, 1.165) is 4.90 Å². The van der Waals surface area contributed by atoms with E-state index in [1.54, 1.807) is 52.0 Å². The SMILES string of the molecule is COc1ccc(C2(C)NC(=O)N(CC(=O)NC(C)(C#N)C(C)C)C2=O)cc1. The van der Waals surface area contributed by atoms with E-state index in [1.165, 1.54) is 7.11 Å². The van der Waals surface area contributed by atoms with Gasteiger partial charge in [0.1, 0.15) is 23.4 Å². The van der Waals surface area contributed by atoms with E-state index < -0.39 is 35.5 Å². The Kier molecular flexibility index (Phi) is 5.45. The maximum Gasteiger partial charge on any atom is 0.325 e. The van der Waals surface area contributed by atoms with E-state index in [4.69, 9.17) is 4.74 Å². The third-order valence-electron chi connectivity index (χ3n) is 5.03. The van der Waals surface area contributed by atoms with Crippen LogP contribution in [0.1, 0.15) is 33.3 Å². The molecule has 8 nitrogen and oxygen atoms in total. The second kappa shape index (κ2) is 7.27. The van der Waals surface area contributed by atoms with E-state index in [-0.39, 0.29) is 5.92 Å². The number of nitrogens with zero attached hydrogens (tertiary/aromatic N) is 2. The summed E-state index contributed by atoms with van der Waals surface area (Å²) in [5.41, 5.74) is -1.79. The van der Waals surface area contributed by atoms with Crippen LogP contribution in [-0.2, 0) is 15.1 Å². The minimum atomic E-state index is -1.28. The van der Waals surface area contributed by atoms with Gasteiger partial charge in [0.05, 0.1) is 13.2 Å². The van der Waals surface area contributed by atoms with Crippen LogP contribution in [0.2, 0.25) is 0 Å². The molecule has 0 bridgehead atoms. The fourth-order valence-corrected chi connectivity index (χ4v) is 2.73. The van der Waals surface area contributed by atoms with Crippen molar-refractivity contribution in [2.45, 2.75) is 38.8 Å². The number of carbonyl (C=O) groups excluding carboxylic acids is 3. The van der Waals surface area contributed by atoms with Crippen LogP contribution in [0.4, 0.5) is 4.79 Å². The van der Waals surface area contributed by atoms with E-state index in [0.29, 0.717) is 11.3 Å². The molecule has 2 atom stereocenters. The summed E-state index contributed by atoms with van der Waals surface area (Å²) in [4.78, 5) is 38.4. The van der Waals surface area contributed by atoms with E-state index in [1.807, 2.05) is 0 Å². The fraction of sp³-hybridized carbons (Fsp3) is 0.474. The highest BCUT2D eigenvalue weighted by Crippen LogP contribution is 2.30. The lowest BCUT2D eigenvalue weighted by Crippen LogP contribution is -2.52. The Hall–Kier alpha value is -3.08. The van der Waals surface area contributed by atoms with Crippen molar-refractivity contribution in [3.8, 4) is 11.8 Å². The summed E-state index contributed by atoms with van der Waals surface area (Å²) in [6.07, 6.45) is 0. The lowest BCUT2D eigenvalue weighted by atomic mass is 9.90. The van der Waals surface area contributed by atoms with Crippen molar-refractivity contribution in [3.63, 3.8) is 0 Å². The fourth-order valence-electron chi connectivity index (χ4n) is 2.73. The second-order valence-electron chi connectivity index (χ2n) is 7.19. The molecule has 0 radical (unpaired) electrons. The molecule has 4 amide bonds. The van der Waals surface area contributed by atoms with Crippen LogP contribution in [0.3, 0.4) is 0 Å². The van der Waals surface area contributed by atoms with Crippen molar-refractivity contribution in [1.29, 1.82) is 5.26 Å². The van der Waals surface area contributed by atoms with Crippen molar-refractivity contribution < 1.29 is 19.1 Å². The topological polar surface area (TPSA) is 112 Å². The molecule has 0 aliphatic carbocycles. The van der Waals surface area contributed by atoms with Crippen LogP contribution in [-0.4, -0.2) is 41.9 Å².